The summed E-state index contributed by atoms with van der Waals surface area (Å²) in [6, 6.07) is 0. The van der Waals surface area contributed by atoms with Crippen molar-refractivity contribution in [2.45, 2.75) is 40.2 Å². The lowest BCUT2D eigenvalue weighted by Crippen LogP contribution is -2.40. The van der Waals surface area contributed by atoms with Crippen LogP contribution in [0.3, 0.4) is 0 Å². The Labute approximate surface area is 141 Å². The van der Waals surface area contributed by atoms with Gasteiger partial charge in [0, 0.05) is 18.8 Å². The fraction of sp³-hybridized carbons (Fsp3) is 0.562. The summed E-state index contributed by atoms with van der Waals surface area (Å²) in [6.45, 7) is 12.4. The summed E-state index contributed by atoms with van der Waals surface area (Å²) in [7, 11) is 0. The van der Waals surface area contributed by atoms with Crippen molar-refractivity contribution in [2.75, 3.05) is 6.61 Å². The third-order valence-electron chi connectivity index (χ3n) is 2.91. The van der Waals surface area contributed by atoms with Crippen molar-refractivity contribution in [3.63, 3.8) is 0 Å². The highest BCUT2D eigenvalue weighted by atomic mass is 16.4. The van der Waals surface area contributed by atoms with E-state index in [1.165, 1.54) is 13.8 Å². The summed E-state index contributed by atoms with van der Waals surface area (Å²) in [5.41, 5.74) is -1.63. The zero-order chi connectivity index (χ0) is 20.1. The van der Waals surface area contributed by atoms with E-state index in [4.69, 9.17) is 20.4 Å². The second-order valence-electron chi connectivity index (χ2n) is 6.15. The van der Waals surface area contributed by atoms with Crippen LogP contribution in [0.5, 0.6) is 0 Å². The molecule has 0 fully saturated rings. The summed E-state index contributed by atoms with van der Waals surface area (Å²) in [5.74, 6) is -2.99. The van der Waals surface area contributed by atoms with Crippen LogP contribution in [-0.4, -0.2) is 56.2 Å². The first kappa shape index (κ1) is 26.7. The fourth-order valence-electron chi connectivity index (χ4n) is 0.986. The number of carboxylic acids is 3. The molecule has 0 bridgehead atoms. The Balaban J connectivity index is -0.000000361. The van der Waals surface area contributed by atoms with Gasteiger partial charge in [-0.15, -0.1) is 0 Å². The van der Waals surface area contributed by atoms with Crippen molar-refractivity contribution in [2.24, 2.45) is 10.8 Å². The second kappa shape index (κ2) is 12.3. The van der Waals surface area contributed by atoms with Gasteiger partial charge in [0.05, 0.1) is 11.5 Å². The van der Waals surface area contributed by atoms with Gasteiger partial charge in [0.1, 0.15) is 0 Å². The lowest BCUT2D eigenvalue weighted by Gasteiger charge is -2.32. The van der Waals surface area contributed by atoms with Gasteiger partial charge in [-0.2, -0.15) is 0 Å². The summed E-state index contributed by atoms with van der Waals surface area (Å²) in [5, 5.41) is 42.8. The highest BCUT2D eigenvalue weighted by Crippen LogP contribution is 2.31. The Kier molecular flexibility index (Phi) is 13.6. The van der Waals surface area contributed by atoms with Crippen molar-refractivity contribution < 1.29 is 39.9 Å². The van der Waals surface area contributed by atoms with Gasteiger partial charge in [-0.3, -0.25) is 4.79 Å². The van der Waals surface area contributed by atoms with Crippen LogP contribution in [0.15, 0.2) is 25.3 Å². The minimum Gasteiger partial charge on any atom is -0.481 e. The van der Waals surface area contributed by atoms with Gasteiger partial charge in [-0.25, -0.2) is 9.59 Å². The van der Waals surface area contributed by atoms with Crippen LogP contribution in [-0.2, 0) is 14.4 Å². The number of aliphatic hydroxyl groups is 2. The first-order valence-corrected chi connectivity index (χ1v) is 6.91. The van der Waals surface area contributed by atoms with E-state index < -0.39 is 34.8 Å². The summed E-state index contributed by atoms with van der Waals surface area (Å²) < 4.78 is 0. The maximum Gasteiger partial charge on any atom is 0.327 e. The normalized spacial score (nSPS) is 11.6. The summed E-state index contributed by atoms with van der Waals surface area (Å²) in [6.07, 6.45) is 0.977. The zero-order valence-corrected chi connectivity index (χ0v) is 14.5. The van der Waals surface area contributed by atoms with Crippen molar-refractivity contribution >= 4 is 17.9 Å². The fourth-order valence-corrected chi connectivity index (χ4v) is 0.986. The van der Waals surface area contributed by atoms with E-state index >= 15 is 0 Å². The molecule has 8 nitrogen and oxygen atoms in total. The molecule has 140 valence electrons. The largest absolute Gasteiger partial charge is 0.481 e. The van der Waals surface area contributed by atoms with Gasteiger partial charge in [-0.05, 0) is 25.7 Å². The molecule has 0 aliphatic carbocycles. The van der Waals surface area contributed by atoms with Crippen LogP contribution < -0.4 is 0 Å². The lowest BCUT2D eigenvalue weighted by molar-refractivity contribution is -0.155. The van der Waals surface area contributed by atoms with E-state index in [1.54, 1.807) is 13.8 Å². The molecule has 0 saturated carbocycles. The highest BCUT2D eigenvalue weighted by molar-refractivity contribution is 5.79. The molecule has 0 aromatic heterocycles. The molecule has 0 radical (unpaired) electrons. The van der Waals surface area contributed by atoms with Crippen LogP contribution in [0.25, 0.3) is 0 Å². The first-order chi connectivity index (χ1) is 10.7. The molecular weight excluding hydrogens is 320 g/mol. The van der Waals surface area contributed by atoms with E-state index in [-0.39, 0.29) is 13.0 Å². The molecule has 0 aliphatic rings. The second-order valence-corrected chi connectivity index (χ2v) is 6.15. The molecule has 5 N–H and O–H groups in total. The molecule has 0 aromatic rings. The molecule has 0 aromatic carbocycles. The third-order valence-corrected chi connectivity index (χ3v) is 2.91. The maximum absolute atomic E-state index is 10.8. The van der Waals surface area contributed by atoms with E-state index in [2.05, 4.69) is 13.2 Å². The van der Waals surface area contributed by atoms with Crippen LogP contribution in [0.2, 0.25) is 0 Å². The highest BCUT2D eigenvalue weighted by Gasteiger charge is 2.38. The van der Waals surface area contributed by atoms with E-state index in [9.17, 15) is 19.5 Å². The first-order valence-electron chi connectivity index (χ1n) is 6.91. The average Bonchev–Trinajstić information content (AvgIpc) is 2.47. The van der Waals surface area contributed by atoms with E-state index in [0.717, 1.165) is 12.2 Å². The smallest absolute Gasteiger partial charge is 0.327 e. The van der Waals surface area contributed by atoms with Gasteiger partial charge in [0.2, 0.25) is 0 Å². The van der Waals surface area contributed by atoms with Gasteiger partial charge in [0.25, 0.3) is 0 Å². The van der Waals surface area contributed by atoms with Crippen molar-refractivity contribution in [1.82, 2.24) is 0 Å². The molecule has 1 atom stereocenters. The number of aliphatic hydroxyl groups excluding tert-OH is 2. The van der Waals surface area contributed by atoms with E-state index in [1.807, 2.05) is 0 Å². The SMILES string of the molecule is C=CC(=O)O.C=CC(=O)O.CC(C)(CO)CC(O)C(C)(C)C(=O)O. The predicted molar refractivity (Wildman–Crippen MR) is 88.6 cm³/mol. The molecular formula is C16H28O8. The quantitative estimate of drug-likeness (QED) is 0.433. The lowest BCUT2D eigenvalue weighted by atomic mass is 9.77. The molecule has 0 amide bonds. The molecule has 0 saturated heterocycles. The third kappa shape index (κ3) is 14.7. The van der Waals surface area contributed by atoms with E-state index in [0.29, 0.717) is 0 Å². The molecule has 8 heteroatoms. The Hall–Kier alpha value is -2.19. The average molecular weight is 348 g/mol. The van der Waals surface area contributed by atoms with Gasteiger partial charge >= 0.3 is 17.9 Å². The Morgan fingerprint density at radius 2 is 1.25 bits per heavy atom. The molecule has 0 spiro atoms. The Morgan fingerprint density at radius 1 is 0.958 bits per heavy atom. The van der Waals surface area contributed by atoms with Crippen LogP contribution in [0.1, 0.15) is 34.1 Å². The topological polar surface area (TPSA) is 152 Å². The van der Waals surface area contributed by atoms with Crippen LogP contribution in [0, 0.1) is 10.8 Å². The number of aliphatic carboxylic acids is 3. The van der Waals surface area contributed by atoms with Crippen molar-refractivity contribution in [3.8, 4) is 0 Å². The maximum atomic E-state index is 10.8. The molecule has 1 unspecified atom stereocenters. The van der Waals surface area contributed by atoms with Crippen molar-refractivity contribution in [1.29, 1.82) is 0 Å². The zero-order valence-electron chi connectivity index (χ0n) is 14.5. The monoisotopic (exact) mass is 348 g/mol. The van der Waals surface area contributed by atoms with Crippen LogP contribution in [0.4, 0.5) is 0 Å². The number of carboxylic acid groups (broad SMARTS) is 3. The Morgan fingerprint density at radius 3 is 1.42 bits per heavy atom. The van der Waals surface area contributed by atoms with Crippen molar-refractivity contribution in [3.05, 3.63) is 25.3 Å². The standard InChI is InChI=1S/C10H20O4.2C3H4O2/c1-9(2,6-11)5-7(12)10(3,4)8(13)14;2*1-2-3(4)5/h7,11-12H,5-6H2,1-4H3,(H,13,14);2*2H,1H2,(H,4,5). The van der Waals surface area contributed by atoms with Crippen LogP contribution >= 0.6 is 0 Å². The number of hydrogen-bond donors (Lipinski definition) is 5. The molecule has 0 heterocycles. The van der Waals surface area contributed by atoms with Gasteiger partial charge in [-0.1, -0.05) is 27.0 Å². The predicted octanol–water partition coefficient (Wildman–Crippen LogP) is 1.38. The van der Waals surface area contributed by atoms with Gasteiger partial charge < -0.3 is 25.5 Å². The summed E-state index contributed by atoms with van der Waals surface area (Å²) in [4.78, 5) is 29.3. The number of hydrogen-bond acceptors (Lipinski definition) is 5. The number of carbonyl (C=O) groups is 3. The molecule has 24 heavy (non-hydrogen) atoms. The minimum atomic E-state index is -1.17. The number of rotatable bonds is 7. The Bertz CT molecular complexity index is 419. The minimum absolute atomic E-state index is 0.0697. The molecule has 0 aliphatic heterocycles. The molecule has 0 rings (SSSR count). The van der Waals surface area contributed by atoms with Gasteiger partial charge in [0.15, 0.2) is 0 Å². The summed E-state index contributed by atoms with van der Waals surface area (Å²) >= 11 is 0.